The van der Waals surface area contributed by atoms with E-state index in [9.17, 15) is 5.11 Å². The van der Waals surface area contributed by atoms with E-state index in [-0.39, 0.29) is 0 Å². The molecule has 4 heteroatoms. The third-order valence-corrected chi connectivity index (χ3v) is 4.07. The van der Waals surface area contributed by atoms with Crippen LogP contribution in [0.3, 0.4) is 0 Å². The fourth-order valence-electron chi connectivity index (χ4n) is 2.49. The maximum absolute atomic E-state index is 11.2. The van der Waals surface area contributed by atoms with Crippen LogP contribution in [0.25, 0.3) is 6.08 Å². The zero-order chi connectivity index (χ0) is 14.9. The predicted octanol–water partition coefficient (Wildman–Crippen LogP) is 2.69. The fraction of sp³-hybridized carbons (Fsp3) is 0.118. The van der Waals surface area contributed by atoms with Gasteiger partial charge in [0.25, 0.3) is 0 Å². The van der Waals surface area contributed by atoms with Crippen molar-refractivity contribution in [1.29, 1.82) is 0 Å². The molecule has 0 radical (unpaired) electrons. The Hall–Kier alpha value is -2.17. The number of benzene rings is 2. The first-order chi connectivity index (χ1) is 10.1. The first kappa shape index (κ1) is 13.8. The minimum absolute atomic E-state index is 0.503. The molecule has 3 rings (SSSR count). The predicted molar refractivity (Wildman–Crippen MR) is 88.3 cm³/mol. The molecule has 0 bridgehead atoms. The van der Waals surface area contributed by atoms with Crippen molar-refractivity contribution in [3.05, 3.63) is 77.5 Å². The molecule has 1 saturated heterocycles. The second-order valence-electron chi connectivity index (χ2n) is 5.00. The van der Waals surface area contributed by atoms with Crippen molar-refractivity contribution in [2.75, 3.05) is 7.05 Å². The number of nitrogens with zero attached hydrogens (tertiary/aromatic N) is 1. The average molecular weight is 296 g/mol. The molecule has 1 atom stereocenters. The van der Waals surface area contributed by atoms with Gasteiger partial charge in [-0.1, -0.05) is 60.7 Å². The number of thiocarbonyl (C=S) groups is 1. The molecule has 1 unspecified atom stereocenters. The van der Waals surface area contributed by atoms with Crippen LogP contribution in [0.2, 0.25) is 0 Å². The van der Waals surface area contributed by atoms with Gasteiger partial charge in [0.2, 0.25) is 5.72 Å². The quantitative estimate of drug-likeness (QED) is 0.835. The minimum Gasteiger partial charge on any atom is -0.362 e. The van der Waals surface area contributed by atoms with Gasteiger partial charge in [-0.25, -0.2) is 0 Å². The Balaban J connectivity index is 2.11. The number of aliphatic hydroxyl groups is 1. The molecule has 21 heavy (non-hydrogen) atoms. The van der Waals surface area contributed by atoms with Gasteiger partial charge in [0.15, 0.2) is 5.11 Å². The van der Waals surface area contributed by atoms with Gasteiger partial charge in [0.05, 0.1) is 5.70 Å². The highest BCUT2D eigenvalue weighted by atomic mass is 32.1. The minimum atomic E-state index is -1.27. The highest BCUT2D eigenvalue weighted by Crippen LogP contribution is 2.36. The van der Waals surface area contributed by atoms with Crippen molar-refractivity contribution < 1.29 is 5.11 Å². The van der Waals surface area contributed by atoms with E-state index in [0.29, 0.717) is 10.8 Å². The molecule has 0 spiro atoms. The third-order valence-electron chi connectivity index (χ3n) is 3.69. The molecule has 2 N–H and O–H groups in total. The summed E-state index contributed by atoms with van der Waals surface area (Å²) in [5.74, 6) is 0. The maximum atomic E-state index is 11.2. The Morgan fingerprint density at radius 1 is 1.05 bits per heavy atom. The van der Waals surface area contributed by atoms with Crippen LogP contribution >= 0.6 is 12.2 Å². The molecule has 1 aliphatic heterocycles. The Morgan fingerprint density at radius 3 is 2.24 bits per heavy atom. The molecule has 2 aromatic rings. The van der Waals surface area contributed by atoms with E-state index in [2.05, 4.69) is 5.32 Å². The van der Waals surface area contributed by atoms with Gasteiger partial charge in [0.1, 0.15) is 0 Å². The fourth-order valence-corrected chi connectivity index (χ4v) is 2.73. The van der Waals surface area contributed by atoms with E-state index in [1.54, 1.807) is 11.9 Å². The average Bonchev–Trinajstić information content (AvgIpc) is 2.74. The van der Waals surface area contributed by atoms with Crippen LogP contribution in [-0.4, -0.2) is 22.2 Å². The summed E-state index contributed by atoms with van der Waals surface area (Å²) >= 11 is 5.30. The van der Waals surface area contributed by atoms with E-state index in [0.717, 1.165) is 11.1 Å². The molecule has 1 heterocycles. The lowest BCUT2D eigenvalue weighted by molar-refractivity contribution is -0.0150. The number of hydrogen-bond acceptors (Lipinski definition) is 2. The second-order valence-corrected chi connectivity index (χ2v) is 5.38. The summed E-state index contributed by atoms with van der Waals surface area (Å²) in [5, 5.41) is 14.8. The van der Waals surface area contributed by atoms with Crippen LogP contribution in [0.5, 0.6) is 0 Å². The van der Waals surface area contributed by atoms with Crippen LogP contribution in [0.1, 0.15) is 11.1 Å². The summed E-state index contributed by atoms with van der Waals surface area (Å²) in [5.41, 5.74) is 1.18. The summed E-state index contributed by atoms with van der Waals surface area (Å²) in [6.07, 6.45) is 1.92. The van der Waals surface area contributed by atoms with Crippen molar-refractivity contribution in [1.82, 2.24) is 10.2 Å². The summed E-state index contributed by atoms with van der Waals surface area (Å²) in [4.78, 5) is 1.67. The molecule has 106 valence electrons. The molecular formula is C17H16N2OS. The maximum Gasteiger partial charge on any atom is 0.208 e. The van der Waals surface area contributed by atoms with Crippen molar-refractivity contribution in [2.24, 2.45) is 0 Å². The van der Waals surface area contributed by atoms with Crippen LogP contribution in [-0.2, 0) is 5.72 Å². The number of nitrogens with one attached hydrogen (secondary N) is 1. The zero-order valence-corrected chi connectivity index (χ0v) is 12.5. The smallest absolute Gasteiger partial charge is 0.208 e. The Kier molecular flexibility index (Phi) is 3.49. The van der Waals surface area contributed by atoms with E-state index in [4.69, 9.17) is 12.2 Å². The first-order valence-electron chi connectivity index (χ1n) is 6.72. The van der Waals surface area contributed by atoms with Crippen LogP contribution in [0.4, 0.5) is 0 Å². The molecule has 0 saturated carbocycles. The molecule has 3 nitrogen and oxygen atoms in total. The summed E-state index contributed by atoms with van der Waals surface area (Å²) in [6.45, 7) is 0. The normalized spacial score (nSPS) is 23.4. The van der Waals surface area contributed by atoms with Crippen molar-refractivity contribution in [2.45, 2.75) is 5.72 Å². The lowest BCUT2D eigenvalue weighted by atomic mass is 9.98. The van der Waals surface area contributed by atoms with Gasteiger partial charge < -0.3 is 15.3 Å². The van der Waals surface area contributed by atoms with Crippen molar-refractivity contribution in [3.8, 4) is 0 Å². The van der Waals surface area contributed by atoms with Crippen molar-refractivity contribution in [3.63, 3.8) is 0 Å². The number of rotatable bonds is 2. The molecule has 0 aliphatic carbocycles. The molecule has 2 aromatic carbocycles. The highest BCUT2D eigenvalue weighted by molar-refractivity contribution is 7.80. The molecule has 0 amide bonds. The van der Waals surface area contributed by atoms with Gasteiger partial charge in [-0.3, -0.25) is 0 Å². The standard InChI is InChI=1S/C17H16N2OS/c1-19-16(21)18-15(12-13-8-4-2-5-9-13)17(19,20)14-10-6-3-7-11-14/h2-12,20H,1H3,(H,18,21)/b15-12-. The summed E-state index contributed by atoms with van der Waals surface area (Å²) in [6, 6.07) is 19.4. The van der Waals surface area contributed by atoms with E-state index >= 15 is 0 Å². The van der Waals surface area contributed by atoms with Gasteiger partial charge in [-0.2, -0.15) is 0 Å². The van der Waals surface area contributed by atoms with Gasteiger partial charge in [0, 0.05) is 12.6 Å². The Bertz CT molecular complexity index is 684. The zero-order valence-electron chi connectivity index (χ0n) is 11.7. The largest absolute Gasteiger partial charge is 0.362 e. The SMILES string of the molecule is CN1C(=S)N/C(=C\c2ccccc2)C1(O)c1ccccc1. The third kappa shape index (κ3) is 2.33. The summed E-state index contributed by atoms with van der Waals surface area (Å²) in [7, 11) is 1.79. The van der Waals surface area contributed by atoms with Gasteiger partial charge in [-0.15, -0.1) is 0 Å². The lowest BCUT2D eigenvalue weighted by Gasteiger charge is -2.31. The second kappa shape index (κ2) is 5.31. The first-order valence-corrected chi connectivity index (χ1v) is 7.13. The Morgan fingerprint density at radius 2 is 1.62 bits per heavy atom. The van der Waals surface area contributed by atoms with Crippen LogP contribution in [0, 0.1) is 0 Å². The van der Waals surface area contributed by atoms with Gasteiger partial charge in [-0.05, 0) is 23.9 Å². The van der Waals surface area contributed by atoms with E-state index < -0.39 is 5.72 Å². The number of hydrogen-bond donors (Lipinski definition) is 2. The van der Waals surface area contributed by atoms with Crippen molar-refractivity contribution >= 4 is 23.4 Å². The molecular weight excluding hydrogens is 280 g/mol. The Labute approximate surface area is 129 Å². The lowest BCUT2D eigenvalue weighted by Crippen LogP contribution is -2.40. The van der Waals surface area contributed by atoms with E-state index in [1.807, 2.05) is 66.7 Å². The number of likely N-dealkylation sites (N-methyl/N-ethyl adjacent to an activating group) is 1. The molecule has 1 fully saturated rings. The topological polar surface area (TPSA) is 35.5 Å². The summed E-state index contributed by atoms with van der Waals surface area (Å²) < 4.78 is 0. The van der Waals surface area contributed by atoms with Crippen LogP contribution < -0.4 is 5.32 Å². The van der Waals surface area contributed by atoms with E-state index in [1.165, 1.54) is 0 Å². The van der Waals surface area contributed by atoms with Crippen LogP contribution in [0.15, 0.2) is 66.4 Å². The van der Waals surface area contributed by atoms with Gasteiger partial charge >= 0.3 is 0 Å². The monoisotopic (exact) mass is 296 g/mol. The molecule has 1 aliphatic rings. The molecule has 0 aromatic heterocycles. The highest BCUT2D eigenvalue weighted by Gasteiger charge is 2.45.